The highest BCUT2D eigenvalue weighted by Gasteiger charge is 2.23. The number of aromatic nitrogens is 4. The molecular formula is C23H26N6O. The van der Waals surface area contributed by atoms with Gasteiger partial charge in [0.05, 0.1) is 24.9 Å². The van der Waals surface area contributed by atoms with Gasteiger partial charge in [-0.3, -0.25) is 4.99 Å². The van der Waals surface area contributed by atoms with Crippen molar-refractivity contribution in [2.45, 2.75) is 52.9 Å². The van der Waals surface area contributed by atoms with Gasteiger partial charge in [0.15, 0.2) is 5.82 Å². The summed E-state index contributed by atoms with van der Waals surface area (Å²) in [7, 11) is 0. The fraction of sp³-hybridized carbons (Fsp3) is 0.391. The van der Waals surface area contributed by atoms with Crippen LogP contribution in [0.4, 0.5) is 5.82 Å². The zero-order valence-electron chi connectivity index (χ0n) is 17.7. The monoisotopic (exact) mass is 402 g/mol. The first kappa shape index (κ1) is 18.8. The largest absolute Gasteiger partial charge is 0.491 e. The van der Waals surface area contributed by atoms with Gasteiger partial charge in [-0.05, 0) is 43.7 Å². The molecule has 0 spiro atoms. The van der Waals surface area contributed by atoms with E-state index in [-0.39, 0.29) is 6.10 Å². The maximum Gasteiger partial charge on any atom is 0.152 e. The fourth-order valence-electron chi connectivity index (χ4n) is 4.17. The average Bonchev–Trinajstić information content (AvgIpc) is 3.36. The minimum absolute atomic E-state index is 0.145. The van der Waals surface area contributed by atoms with E-state index in [4.69, 9.17) is 9.73 Å². The van der Waals surface area contributed by atoms with Gasteiger partial charge < -0.3 is 14.2 Å². The van der Waals surface area contributed by atoms with Crippen molar-refractivity contribution in [1.29, 1.82) is 0 Å². The fourth-order valence-corrected chi connectivity index (χ4v) is 4.17. The van der Waals surface area contributed by atoms with E-state index in [1.807, 2.05) is 32.2 Å². The van der Waals surface area contributed by atoms with Gasteiger partial charge in [-0.15, -0.1) is 10.2 Å². The van der Waals surface area contributed by atoms with E-state index < -0.39 is 0 Å². The third-order valence-electron chi connectivity index (χ3n) is 5.60. The maximum atomic E-state index is 5.90. The van der Waals surface area contributed by atoms with Crippen molar-refractivity contribution in [3.8, 4) is 5.75 Å². The molecule has 2 aliphatic heterocycles. The summed E-state index contributed by atoms with van der Waals surface area (Å²) in [5, 5.41) is 8.69. The van der Waals surface area contributed by atoms with Crippen LogP contribution in [0.1, 0.15) is 49.1 Å². The molecule has 7 nitrogen and oxygen atoms in total. The molecule has 0 aliphatic carbocycles. The number of hydrogen-bond acceptors (Lipinski definition) is 6. The molecule has 3 aromatic rings. The third kappa shape index (κ3) is 3.34. The summed E-state index contributed by atoms with van der Waals surface area (Å²) in [4.78, 5) is 11.7. The van der Waals surface area contributed by atoms with E-state index in [0.29, 0.717) is 6.54 Å². The molecule has 7 heteroatoms. The van der Waals surface area contributed by atoms with Gasteiger partial charge in [-0.25, -0.2) is 4.98 Å². The molecule has 1 aromatic carbocycles. The molecule has 0 saturated carbocycles. The standard InChI is InChI=1S/C23H26N6O/c1-4-20-26-27-22-14-28(9-10-29(20)22)21-11-16(7-8-24-21)23-19-12-18(30-15(2)3)6-5-17(19)13-25-23/h5-8,11-12,15H,4,9-10,13-14H2,1-3H3. The SMILES string of the molecule is CCc1nnc2n1CCN(c1cc(C3=NCc4ccc(OC(C)C)cc43)ccn1)C2. The molecule has 0 radical (unpaired) electrons. The number of benzene rings is 1. The highest BCUT2D eigenvalue weighted by molar-refractivity contribution is 6.15. The van der Waals surface area contributed by atoms with Crippen LogP contribution in [0.25, 0.3) is 0 Å². The van der Waals surface area contributed by atoms with Crippen LogP contribution in [0, 0.1) is 0 Å². The number of aliphatic imine (C=N–C) groups is 1. The number of pyridine rings is 1. The number of rotatable bonds is 5. The van der Waals surface area contributed by atoms with Crippen molar-refractivity contribution in [2.24, 2.45) is 4.99 Å². The summed E-state index contributed by atoms with van der Waals surface area (Å²) in [6, 6.07) is 10.4. The van der Waals surface area contributed by atoms with Crippen molar-refractivity contribution in [1.82, 2.24) is 19.7 Å². The van der Waals surface area contributed by atoms with Gasteiger partial charge in [-0.2, -0.15) is 0 Å². The Bertz CT molecular complexity index is 1120. The molecule has 0 bridgehead atoms. The van der Waals surface area contributed by atoms with Crippen LogP contribution in [0.2, 0.25) is 0 Å². The van der Waals surface area contributed by atoms with Gasteiger partial charge in [0, 0.05) is 36.8 Å². The predicted octanol–water partition coefficient (Wildman–Crippen LogP) is 3.39. The molecule has 2 aromatic heterocycles. The lowest BCUT2D eigenvalue weighted by atomic mass is 10.0. The molecule has 0 saturated heterocycles. The summed E-state index contributed by atoms with van der Waals surface area (Å²) in [5.41, 5.74) is 4.48. The van der Waals surface area contributed by atoms with Crippen molar-refractivity contribution in [3.63, 3.8) is 0 Å². The normalized spacial score (nSPS) is 15.2. The minimum atomic E-state index is 0.145. The zero-order chi connectivity index (χ0) is 20.7. The van der Waals surface area contributed by atoms with E-state index in [1.165, 1.54) is 5.56 Å². The first-order chi connectivity index (χ1) is 14.6. The van der Waals surface area contributed by atoms with E-state index in [2.05, 4.69) is 49.8 Å². The van der Waals surface area contributed by atoms with Crippen LogP contribution in [0.5, 0.6) is 5.75 Å². The highest BCUT2D eigenvalue weighted by Crippen LogP contribution is 2.29. The number of nitrogens with zero attached hydrogens (tertiary/aromatic N) is 6. The van der Waals surface area contributed by atoms with Gasteiger partial charge in [0.25, 0.3) is 0 Å². The molecule has 0 unspecified atom stereocenters. The molecule has 4 heterocycles. The molecule has 0 N–H and O–H groups in total. The van der Waals surface area contributed by atoms with E-state index >= 15 is 0 Å². The van der Waals surface area contributed by atoms with Gasteiger partial charge in [0.1, 0.15) is 17.4 Å². The Hall–Kier alpha value is -3.22. The second kappa shape index (κ2) is 7.55. The first-order valence-electron chi connectivity index (χ1n) is 10.6. The number of fused-ring (bicyclic) bond motifs is 2. The molecular weight excluding hydrogens is 376 g/mol. The molecule has 2 aliphatic rings. The lowest BCUT2D eigenvalue weighted by Crippen LogP contribution is -2.35. The summed E-state index contributed by atoms with van der Waals surface area (Å²) >= 11 is 0. The van der Waals surface area contributed by atoms with Gasteiger partial charge in [-0.1, -0.05) is 13.0 Å². The average molecular weight is 403 g/mol. The van der Waals surface area contributed by atoms with E-state index in [1.54, 1.807) is 0 Å². The van der Waals surface area contributed by atoms with Crippen LogP contribution < -0.4 is 9.64 Å². The Morgan fingerprint density at radius 2 is 2.00 bits per heavy atom. The summed E-state index contributed by atoms with van der Waals surface area (Å²) in [6.07, 6.45) is 2.92. The van der Waals surface area contributed by atoms with Crippen LogP contribution in [0.15, 0.2) is 41.5 Å². The quantitative estimate of drug-likeness (QED) is 0.654. The lowest BCUT2D eigenvalue weighted by molar-refractivity contribution is 0.242. The Labute approximate surface area is 176 Å². The van der Waals surface area contributed by atoms with E-state index in [9.17, 15) is 0 Å². The van der Waals surface area contributed by atoms with Crippen molar-refractivity contribution in [2.75, 3.05) is 11.4 Å². The second-order valence-electron chi connectivity index (χ2n) is 8.01. The summed E-state index contributed by atoms with van der Waals surface area (Å²) < 4.78 is 8.13. The van der Waals surface area contributed by atoms with E-state index in [0.717, 1.165) is 66.1 Å². The minimum Gasteiger partial charge on any atom is -0.491 e. The molecule has 30 heavy (non-hydrogen) atoms. The summed E-state index contributed by atoms with van der Waals surface area (Å²) in [5.74, 6) is 3.90. The number of anilines is 1. The number of ether oxygens (including phenoxy) is 1. The molecule has 0 fully saturated rings. The third-order valence-corrected chi connectivity index (χ3v) is 5.60. The van der Waals surface area contributed by atoms with Crippen molar-refractivity contribution >= 4 is 11.5 Å². The van der Waals surface area contributed by atoms with Crippen LogP contribution in [0.3, 0.4) is 0 Å². The van der Waals surface area contributed by atoms with Crippen molar-refractivity contribution in [3.05, 3.63) is 64.9 Å². The van der Waals surface area contributed by atoms with Crippen LogP contribution >= 0.6 is 0 Å². The smallest absolute Gasteiger partial charge is 0.152 e. The maximum absolute atomic E-state index is 5.90. The van der Waals surface area contributed by atoms with Gasteiger partial charge in [0.2, 0.25) is 0 Å². The number of hydrogen-bond donors (Lipinski definition) is 0. The number of aryl methyl sites for hydroxylation is 1. The zero-order valence-corrected chi connectivity index (χ0v) is 17.7. The highest BCUT2D eigenvalue weighted by atomic mass is 16.5. The molecule has 0 atom stereocenters. The summed E-state index contributed by atoms with van der Waals surface area (Å²) in [6.45, 7) is 9.41. The first-order valence-corrected chi connectivity index (χ1v) is 10.6. The Morgan fingerprint density at radius 1 is 1.10 bits per heavy atom. The van der Waals surface area contributed by atoms with Gasteiger partial charge >= 0.3 is 0 Å². The van der Waals surface area contributed by atoms with Crippen LogP contribution in [-0.2, 0) is 26.1 Å². The predicted molar refractivity (Wildman–Crippen MR) is 116 cm³/mol. The lowest BCUT2D eigenvalue weighted by Gasteiger charge is -2.29. The Morgan fingerprint density at radius 3 is 2.83 bits per heavy atom. The Kier molecular flexibility index (Phi) is 4.73. The molecule has 0 amide bonds. The molecule has 154 valence electrons. The topological polar surface area (TPSA) is 68.4 Å². The van der Waals surface area contributed by atoms with Crippen LogP contribution in [-0.4, -0.2) is 38.1 Å². The van der Waals surface area contributed by atoms with Crippen molar-refractivity contribution < 1.29 is 4.74 Å². The Balaban J connectivity index is 1.42. The second-order valence-corrected chi connectivity index (χ2v) is 8.01. The molecule has 5 rings (SSSR count).